The van der Waals surface area contributed by atoms with Crippen LogP contribution in [-0.2, 0) is 16.1 Å². The van der Waals surface area contributed by atoms with Gasteiger partial charge in [0.25, 0.3) is 5.91 Å². The second-order valence-corrected chi connectivity index (χ2v) is 5.14. The summed E-state index contributed by atoms with van der Waals surface area (Å²) in [5.74, 6) is -0.609. The van der Waals surface area contributed by atoms with E-state index in [0.717, 1.165) is 18.4 Å². The highest BCUT2D eigenvalue weighted by atomic mass is 16.5. The molecule has 1 aromatic rings. The monoisotopic (exact) mass is 276 g/mol. The summed E-state index contributed by atoms with van der Waals surface area (Å²) >= 11 is 0. The third kappa shape index (κ3) is 2.82. The Labute approximate surface area is 118 Å². The van der Waals surface area contributed by atoms with E-state index in [-0.39, 0.29) is 11.9 Å². The molecule has 1 aliphatic carbocycles. The molecule has 1 aliphatic rings. The molecule has 0 aromatic heterocycles. The first-order valence-corrected chi connectivity index (χ1v) is 6.81. The number of carbonyl (C=O) groups excluding carboxylic acids is 2. The van der Waals surface area contributed by atoms with Crippen LogP contribution in [0.2, 0.25) is 0 Å². The number of carbonyl (C=O) groups is 2. The molecule has 3 N–H and O–H groups in total. The molecule has 1 aromatic carbocycles. The van der Waals surface area contributed by atoms with Crippen molar-refractivity contribution < 1.29 is 14.3 Å². The average molecular weight is 276 g/mol. The molecule has 108 valence electrons. The Kier molecular flexibility index (Phi) is 4.39. The number of amides is 1. The van der Waals surface area contributed by atoms with Gasteiger partial charge in [0.1, 0.15) is 5.54 Å². The van der Waals surface area contributed by atoms with Crippen LogP contribution in [0, 0.1) is 0 Å². The molecule has 0 saturated heterocycles. The Hall–Kier alpha value is -1.88. The maximum atomic E-state index is 12.3. The van der Waals surface area contributed by atoms with Crippen molar-refractivity contribution >= 4 is 11.9 Å². The van der Waals surface area contributed by atoms with Crippen molar-refractivity contribution in [3.05, 3.63) is 35.4 Å². The zero-order chi connectivity index (χ0) is 14.6. The van der Waals surface area contributed by atoms with Crippen molar-refractivity contribution in [3.63, 3.8) is 0 Å². The minimum Gasteiger partial charge on any atom is -0.467 e. The summed E-state index contributed by atoms with van der Waals surface area (Å²) in [6, 6.07) is 7.07. The molecule has 5 heteroatoms. The summed E-state index contributed by atoms with van der Waals surface area (Å²) < 4.78 is 4.84. The number of esters is 1. The first-order valence-electron chi connectivity index (χ1n) is 6.81. The molecule has 0 aliphatic heterocycles. The second-order valence-electron chi connectivity index (χ2n) is 5.14. The van der Waals surface area contributed by atoms with Gasteiger partial charge in [0, 0.05) is 12.1 Å². The van der Waals surface area contributed by atoms with Crippen LogP contribution in [0.1, 0.15) is 41.6 Å². The van der Waals surface area contributed by atoms with Gasteiger partial charge in [-0.3, -0.25) is 4.79 Å². The van der Waals surface area contributed by atoms with E-state index in [1.807, 2.05) is 12.1 Å². The Balaban J connectivity index is 2.14. The van der Waals surface area contributed by atoms with Crippen molar-refractivity contribution in [1.82, 2.24) is 5.32 Å². The highest BCUT2D eigenvalue weighted by Crippen LogP contribution is 2.31. The van der Waals surface area contributed by atoms with Crippen LogP contribution in [0.25, 0.3) is 0 Å². The number of rotatable bonds is 4. The van der Waals surface area contributed by atoms with E-state index in [0.29, 0.717) is 24.9 Å². The van der Waals surface area contributed by atoms with Crippen LogP contribution < -0.4 is 11.1 Å². The molecular weight excluding hydrogens is 256 g/mol. The van der Waals surface area contributed by atoms with E-state index in [1.54, 1.807) is 12.1 Å². The van der Waals surface area contributed by atoms with E-state index < -0.39 is 5.54 Å². The molecule has 5 nitrogen and oxygen atoms in total. The Bertz CT molecular complexity index is 490. The van der Waals surface area contributed by atoms with Crippen LogP contribution in [0.15, 0.2) is 24.3 Å². The number of ether oxygens (including phenoxy) is 1. The predicted molar refractivity (Wildman–Crippen MR) is 75.0 cm³/mol. The Morgan fingerprint density at radius 2 is 1.85 bits per heavy atom. The van der Waals surface area contributed by atoms with Crippen LogP contribution in [0.5, 0.6) is 0 Å². The van der Waals surface area contributed by atoms with Crippen LogP contribution in [-0.4, -0.2) is 24.5 Å². The molecule has 0 unspecified atom stereocenters. The van der Waals surface area contributed by atoms with Crippen LogP contribution >= 0.6 is 0 Å². The quantitative estimate of drug-likeness (QED) is 0.814. The van der Waals surface area contributed by atoms with Crippen molar-refractivity contribution in [2.45, 2.75) is 37.8 Å². The van der Waals surface area contributed by atoms with E-state index >= 15 is 0 Å². The molecular formula is C15H20N2O3. The lowest BCUT2D eigenvalue weighted by molar-refractivity contribution is -0.148. The largest absolute Gasteiger partial charge is 0.467 e. The molecule has 0 radical (unpaired) electrons. The van der Waals surface area contributed by atoms with Crippen molar-refractivity contribution in [1.29, 1.82) is 0 Å². The standard InChI is InChI=1S/C15H20N2O3/c1-20-14(19)15(8-2-3-9-15)17-13(18)12-6-4-11(10-16)5-7-12/h4-7H,2-3,8-10,16H2,1H3,(H,17,18). The Morgan fingerprint density at radius 3 is 2.35 bits per heavy atom. The summed E-state index contributed by atoms with van der Waals surface area (Å²) in [5.41, 5.74) is 6.15. The number of nitrogens with two attached hydrogens (primary N) is 1. The molecule has 1 saturated carbocycles. The predicted octanol–water partition coefficient (Wildman–Crippen LogP) is 1.36. The topological polar surface area (TPSA) is 81.4 Å². The zero-order valence-corrected chi connectivity index (χ0v) is 11.6. The van der Waals surface area contributed by atoms with Gasteiger partial charge in [0.15, 0.2) is 0 Å². The molecule has 2 rings (SSSR count). The zero-order valence-electron chi connectivity index (χ0n) is 11.6. The fourth-order valence-electron chi connectivity index (χ4n) is 2.64. The summed E-state index contributed by atoms with van der Waals surface area (Å²) in [7, 11) is 1.35. The van der Waals surface area contributed by atoms with Gasteiger partial charge in [-0.15, -0.1) is 0 Å². The molecule has 20 heavy (non-hydrogen) atoms. The smallest absolute Gasteiger partial charge is 0.331 e. The second kappa shape index (κ2) is 6.05. The van der Waals surface area contributed by atoms with Gasteiger partial charge in [-0.1, -0.05) is 25.0 Å². The van der Waals surface area contributed by atoms with Gasteiger partial charge in [-0.05, 0) is 30.5 Å². The third-order valence-electron chi connectivity index (χ3n) is 3.84. The Morgan fingerprint density at radius 1 is 1.25 bits per heavy atom. The maximum absolute atomic E-state index is 12.3. The number of benzene rings is 1. The summed E-state index contributed by atoms with van der Waals surface area (Å²) in [6.45, 7) is 0.438. The molecule has 1 fully saturated rings. The fraction of sp³-hybridized carbons (Fsp3) is 0.467. The highest BCUT2D eigenvalue weighted by Gasteiger charge is 2.43. The van der Waals surface area contributed by atoms with Crippen molar-refractivity contribution in [2.24, 2.45) is 5.73 Å². The molecule has 0 spiro atoms. The molecule has 0 heterocycles. The van der Waals surface area contributed by atoms with Crippen LogP contribution in [0.4, 0.5) is 0 Å². The normalized spacial score (nSPS) is 16.7. The summed E-state index contributed by atoms with van der Waals surface area (Å²) in [6.07, 6.45) is 3.10. The third-order valence-corrected chi connectivity index (χ3v) is 3.84. The number of methoxy groups -OCH3 is 1. The van der Waals surface area contributed by atoms with Gasteiger partial charge in [-0.25, -0.2) is 4.79 Å². The van der Waals surface area contributed by atoms with E-state index in [2.05, 4.69) is 5.32 Å². The average Bonchev–Trinajstić information content (AvgIpc) is 2.96. The van der Waals surface area contributed by atoms with Gasteiger partial charge in [0.05, 0.1) is 7.11 Å². The van der Waals surface area contributed by atoms with Crippen molar-refractivity contribution in [2.75, 3.05) is 7.11 Å². The minimum absolute atomic E-state index is 0.249. The minimum atomic E-state index is -0.863. The number of hydrogen-bond donors (Lipinski definition) is 2. The van der Waals surface area contributed by atoms with Gasteiger partial charge in [-0.2, -0.15) is 0 Å². The summed E-state index contributed by atoms with van der Waals surface area (Å²) in [5, 5.41) is 2.85. The van der Waals surface area contributed by atoms with E-state index in [9.17, 15) is 9.59 Å². The lowest BCUT2D eigenvalue weighted by Gasteiger charge is -2.27. The lowest BCUT2D eigenvalue weighted by Crippen LogP contribution is -2.53. The van der Waals surface area contributed by atoms with E-state index in [4.69, 9.17) is 10.5 Å². The fourth-order valence-corrected chi connectivity index (χ4v) is 2.64. The molecule has 0 atom stereocenters. The van der Waals surface area contributed by atoms with Crippen LogP contribution in [0.3, 0.4) is 0 Å². The van der Waals surface area contributed by atoms with Crippen molar-refractivity contribution in [3.8, 4) is 0 Å². The molecule has 0 bridgehead atoms. The molecule has 1 amide bonds. The lowest BCUT2D eigenvalue weighted by atomic mass is 9.97. The van der Waals surface area contributed by atoms with Gasteiger partial charge < -0.3 is 15.8 Å². The highest BCUT2D eigenvalue weighted by molar-refractivity contribution is 5.98. The van der Waals surface area contributed by atoms with Gasteiger partial charge in [0.2, 0.25) is 0 Å². The summed E-state index contributed by atoms with van der Waals surface area (Å²) in [4.78, 5) is 24.2. The first kappa shape index (κ1) is 14.5. The van der Waals surface area contributed by atoms with E-state index in [1.165, 1.54) is 7.11 Å². The maximum Gasteiger partial charge on any atom is 0.331 e. The van der Waals surface area contributed by atoms with Gasteiger partial charge >= 0.3 is 5.97 Å². The number of nitrogens with one attached hydrogen (secondary N) is 1. The number of hydrogen-bond acceptors (Lipinski definition) is 4. The first-order chi connectivity index (χ1) is 9.61. The SMILES string of the molecule is COC(=O)C1(NC(=O)c2ccc(CN)cc2)CCCC1.